The number of methoxy groups -OCH3 is 1. The second-order valence-corrected chi connectivity index (χ2v) is 8.69. The summed E-state index contributed by atoms with van der Waals surface area (Å²) in [6.45, 7) is 0. The molecule has 1 amide bonds. The van der Waals surface area contributed by atoms with E-state index in [2.05, 4.69) is 41.6 Å². The fraction of sp³-hybridized carbons (Fsp3) is 0.0870. The van der Waals surface area contributed by atoms with Crippen LogP contribution in [0.25, 0.3) is 17.1 Å². The number of amides is 1. The lowest BCUT2D eigenvalue weighted by Crippen LogP contribution is -2.20. The number of hydrazone groups is 1. The Labute approximate surface area is 208 Å². The predicted molar refractivity (Wildman–Crippen MR) is 133 cm³/mol. The zero-order valence-corrected chi connectivity index (χ0v) is 20.3. The van der Waals surface area contributed by atoms with Crippen molar-refractivity contribution in [3.05, 3.63) is 77.0 Å². The zero-order chi connectivity index (χ0) is 23.9. The molecule has 0 unspecified atom stereocenters. The van der Waals surface area contributed by atoms with Gasteiger partial charge in [0, 0.05) is 33.7 Å². The summed E-state index contributed by atoms with van der Waals surface area (Å²) in [4.78, 5) is 16.4. The van der Waals surface area contributed by atoms with Crippen molar-refractivity contribution in [2.24, 2.45) is 5.10 Å². The van der Waals surface area contributed by atoms with Crippen molar-refractivity contribution >= 4 is 39.8 Å². The van der Waals surface area contributed by atoms with Crippen LogP contribution in [0.2, 0.25) is 0 Å². The molecular weight excluding hydrogens is 520 g/mol. The number of nitrogens with zero attached hydrogens (tertiary/aromatic N) is 5. The van der Waals surface area contributed by atoms with E-state index in [1.54, 1.807) is 30.6 Å². The molecule has 0 aliphatic carbocycles. The number of hydrogen-bond acceptors (Lipinski definition) is 8. The summed E-state index contributed by atoms with van der Waals surface area (Å²) in [5.74, 6) is 0.636. The number of thioether (sulfide) groups is 1. The molecular formula is C23H19BrN6O3S. The molecule has 2 N–H and O–H groups in total. The molecule has 2 aromatic heterocycles. The first-order valence-electron chi connectivity index (χ1n) is 9.99. The molecule has 0 aliphatic rings. The number of rotatable bonds is 8. The standard InChI is InChI=1S/C23H19BrN6O3S/c1-33-19-4-2-3-16(21(19)32)13-26-27-20(31)14-34-23-29-28-22(15-9-11-25-12-10-15)30(23)18-7-5-17(24)6-8-18/h2-13,32H,14H2,1H3,(H,27,31)/b26-13-. The van der Waals surface area contributed by atoms with Crippen molar-refractivity contribution in [1.29, 1.82) is 0 Å². The van der Waals surface area contributed by atoms with E-state index in [4.69, 9.17) is 4.74 Å². The lowest BCUT2D eigenvalue weighted by atomic mass is 10.2. The van der Waals surface area contributed by atoms with Crippen molar-refractivity contribution in [1.82, 2.24) is 25.2 Å². The van der Waals surface area contributed by atoms with Gasteiger partial charge in [0.05, 0.1) is 19.1 Å². The van der Waals surface area contributed by atoms with E-state index in [1.807, 2.05) is 41.0 Å². The van der Waals surface area contributed by atoms with Gasteiger partial charge < -0.3 is 9.84 Å². The van der Waals surface area contributed by atoms with Crippen LogP contribution in [0, 0.1) is 0 Å². The number of pyridine rings is 1. The van der Waals surface area contributed by atoms with Crippen LogP contribution in [0.1, 0.15) is 5.56 Å². The molecule has 0 radical (unpaired) electrons. The minimum absolute atomic E-state index is 0.0522. The van der Waals surface area contributed by atoms with E-state index in [0.717, 1.165) is 15.7 Å². The van der Waals surface area contributed by atoms with Crippen molar-refractivity contribution < 1.29 is 14.6 Å². The Kier molecular flexibility index (Phi) is 7.55. The number of hydrogen-bond donors (Lipinski definition) is 2. The summed E-state index contributed by atoms with van der Waals surface area (Å²) in [5, 5.41) is 23.2. The van der Waals surface area contributed by atoms with Crippen LogP contribution in [0.15, 0.2) is 81.7 Å². The first-order valence-corrected chi connectivity index (χ1v) is 11.8. The van der Waals surface area contributed by atoms with Gasteiger partial charge in [-0.2, -0.15) is 5.10 Å². The average molecular weight is 539 g/mol. The van der Waals surface area contributed by atoms with Crippen LogP contribution < -0.4 is 10.2 Å². The van der Waals surface area contributed by atoms with Gasteiger partial charge in [-0.25, -0.2) is 5.43 Å². The third-order valence-corrected chi connectivity index (χ3v) is 6.09. The summed E-state index contributed by atoms with van der Waals surface area (Å²) in [7, 11) is 1.46. The smallest absolute Gasteiger partial charge is 0.250 e. The summed E-state index contributed by atoms with van der Waals surface area (Å²) in [6, 6.07) is 16.4. The molecule has 0 atom stereocenters. The van der Waals surface area contributed by atoms with Crippen LogP contribution in [0.3, 0.4) is 0 Å². The van der Waals surface area contributed by atoms with Crippen LogP contribution in [0.5, 0.6) is 11.5 Å². The molecule has 4 rings (SSSR count). The number of phenolic OH excluding ortho intramolecular Hbond substituents is 1. The first kappa shape index (κ1) is 23.5. The summed E-state index contributed by atoms with van der Waals surface area (Å²) >= 11 is 4.68. The van der Waals surface area contributed by atoms with Gasteiger partial charge >= 0.3 is 0 Å². The summed E-state index contributed by atoms with van der Waals surface area (Å²) in [6.07, 6.45) is 4.73. The van der Waals surface area contributed by atoms with Crippen LogP contribution in [-0.2, 0) is 4.79 Å². The van der Waals surface area contributed by atoms with Crippen molar-refractivity contribution in [3.8, 4) is 28.6 Å². The monoisotopic (exact) mass is 538 g/mol. The number of ether oxygens (including phenoxy) is 1. The van der Waals surface area contributed by atoms with E-state index in [-0.39, 0.29) is 17.4 Å². The summed E-state index contributed by atoms with van der Waals surface area (Å²) in [5.41, 5.74) is 4.59. The van der Waals surface area contributed by atoms with Gasteiger partial charge in [-0.3, -0.25) is 14.3 Å². The Morgan fingerprint density at radius 3 is 2.68 bits per heavy atom. The Morgan fingerprint density at radius 1 is 1.18 bits per heavy atom. The van der Waals surface area contributed by atoms with E-state index in [0.29, 0.717) is 22.3 Å². The largest absolute Gasteiger partial charge is 0.504 e. The van der Waals surface area contributed by atoms with Gasteiger partial charge in [-0.1, -0.05) is 33.8 Å². The Morgan fingerprint density at radius 2 is 1.94 bits per heavy atom. The molecule has 9 nitrogen and oxygen atoms in total. The number of nitrogens with one attached hydrogen (secondary N) is 1. The normalized spacial score (nSPS) is 11.0. The SMILES string of the molecule is COc1cccc(/C=N\NC(=O)CSc2nnc(-c3ccncc3)n2-c2ccc(Br)cc2)c1O. The molecule has 2 aromatic carbocycles. The topological polar surface area (TPSA) is 115 Å². The lowest BCUT2D eigenvalue weighted by molar-refractivity contribution is -0.118. The van der Waals surface area contributed by atoms with E-state index < -0.39 is 0 Å². The molecule has 4 aromatic rings. The maximum absolute atomic E-state index is 12.4. The van der Waals surface area contributed by atoms with Crippen LogP contribution >= 0.6 is 27.7 Å². The molecule has 2 heterocycles. The van der Waals surface area contributed by atoms with E-state index in [9.17, 15) is 9.90 Å². The number of benzene rings is 2. The molecule has 0 saturated heterocycles. The van der Waals surface area contributed by atoms with Crippen molar-refractivity contribution in [2.75, 3.05) is 12.9 Å². The highest BCUT2D eigenvalue weighted by Crippen LogP contribution is 2.29. The Hall–Kier alpha value is -3.70. The van der Waals surface area contributed by atoms with Crippen molar-refractivity contribution in [3.63, 3.8) is 0 Å². The fourth-order valence-electron chi connectivity index (χ4n) is 3.02. The molecule has 34 heavy (non-hydrogen) atoms. The van der Waals surface area contributed by atoms with Gasteiger partial charge in [-0.15, -0.1) is 10.2 Å². The maximum Gasteiger partial charge on any atom is 0.250 e. The number of carbonyl (C=O) groups is 1. The highest BCUT2D eigenvalue weighted by atomic mass is 79.9. The second kappa shape index (κ2) is 10.9. The highest BCUT2D eigenvalue weighted by Gasteiger charge is 2.17. The molecule has 0 bridgehead atoms. The molecule has 0 saturated carbocycles. The second-order valence-electron chi connectivity index (χ2n) is 6.83. The lowest BCUT2D eigenvalue weighted by Gasteiger charge is -2.10. The number of para-hydroxylation sites is 1. The highest BCUT2D eigenvalue weighted by molar-refractivity contribution is 9.10. The fourth-order valence-corrected chi connectivity index (χ4v) is 4.03. The number of aromatic hydroxyl groups is 1. The molecule has 0 spiro atoms. The number of halogens is 1. The quantitative estimate of drug-likeness (QED) is 0.197. The predicted octanol–water partition coefficient (Wildman–Crippen LogP) is 4.05. The molecule has 0 aliphatic heterocycles. The summed E-state index contributed by atoms with van der Waals surface area (Å²) < 4.78 is 7.90. The minimum atomic E-state index is -0.334. The van der Waals surface area contributed by atoms with Gasteiger partial charge in [0.1, 0.15) is 0 Å². The van der Waals surface area contributed by atoms with E-state index >= 15 is 0 Å². The first-order chi connectivity index (χ1) is 16.6. The maximum atomic E-state index is 12.4. The van der Waals surface area contributed by atoms with Gasteiger partial charge in [-0.05, 0) is 48.5 Å². The zero-order valence-electron chi connectivity index (χ0n) is 17.9. The number of aromatic nitrogens is 4. The van der Waals surface area contributed by atoms with E-state index in [1.165, 1.54) is 25.1 Å². The van der Waals surface area contributed by atoms with Crippen LogP contribution in [0.4, 0.5) is 0 Å². The van der Waals surface area contributed by atoms with Gasteiger partial charge in [0.2, 0.25) is 0 Å². The van der Waals surface area contributed by atoms with Crippen molar-refractivity contribution in [2.45, 2.75) is 5.16 Å². The number of carbonyl (C=O) groups excluding carboxylic acids is 1. The molecule has 0 fully saturated rings. The molecule has 11 heteroatoms. The third kappa shape index (κ3) is 5.43. The average Bonchev–Trinajstić information content (AvgIpc) is 3.29. The van der Waals surface area contributed by atoms with Crippen LogP contribution in [-0.4, -0.2) is 49.8 Å². The third-order valence-electron chi connectivity index (χ3n) is 4.63. The Bertz CT molecular complexity index is 1310. The molecule has 172 valence electrons. The van der Waals surface area contributed by atoms with Gasteiger partial charge in [0.15, 0.2) is 22.5 Å². The Balaban J connectivity index is 1.49. The minimum Gasteiger partial charge on any atom is -0.504 e. The van der Waals surface area contributed by atoms with Gasteiger partial charge in [0.25, 0.3) is 5.91 Å². The number of phenols is 1.